The molecule has 3 nitrogen and oxygen atoms in total. The topological polar surface area (TPSA) is 43.3 Å². The van der Waals surface area contributed by atoms with Crippen molar-refractivity contribution in [1.82, 2.24) is 9.38 Å². The number of hydrogen-bond donors (Lipinski definition) is 1. The molecule has 0 spiro atoms. The SMILES string of the molecule is CCSc1nc2sccn2c1CC(N)CC. The Balaban J connectivity index is 2.36. The number of thiazole rings is 1. The summed E-state index contributed by atoms with van der Waals surface area (Å²) in [7, 11) is 0. The zero-order valence-electron chi connectivity index (χ0n) is 9.64. The molecule has 0 saturated carbocycles. The first-order valence-electron chi connectivity index (χ1n) is 5.59. The Bertz CT molecular complexity index is 461. The van der Waals surface area contributed by atoms with Crippen LogP contribution in [0.15, 0.2) is 16.6 Å². The summed E-state index contributed by atoms with van der Waals surface area (Å²) in [6.07, 6.45) is 4.01. The quantitative estimate of drug-likeness (QED) is 0.835. The van der Waals surface area contributed by atoms with E-state index in [1.807, 2.05) is 0 Å². The lowest BCUT2D eigenvalue weighted by molar-refractivity contribution is 0.627. The highest BCUT2D eigenvalue weighted by Crippen LogP contribution is 2.26. The second kappa shape index (κ2) is 5.21. The molecule has 88 valence electrons. The predicted octanol–water partition coefficient (Wildman–Crippen LogP) is 2.79. The zero-order chi connectivity index (χ0) is 11.5. The van der Waals surface area contributed by atoms with Crippen molar-refractivity contribution >= 4 is 28.1 Å². The van der Waals surface area contributed by atoms with Gasteiger partial charge in [-0.2, -0.15) is 0 Å². The highest BCUT2D eigenvalue weighted by atomic mass is 32.2. The fourth-order valence-corrected chi connectivity index (χ4v) is 3.21. The maximum Gasteiger partial charge on any atom is 0.194 e. The molecule has 0 bridgehead atoms. The van der Waals surface area contributed by atoms with Crippen LogP contribution in [0, 0.1) is 0 Å². The van der Waals surface area contributed by atoms with Crippen LogP contribution in [0.3, 0.4) is 0 Å². The fourth-order valence-electron chi connectivity index (χ4n) is 1.64. The van der Waals surface area contributed by atoms with E-state index in [4.69, 9.17) is 5.73 Å². The van der Waals surface area contributed by atoms with Gasteiger partial charge in [0, 0.05) is 24.0 Å². The summed E-state index contributed by atoms with van der Waals surface area (Å²) in [6, 6.07) is 0.232. The third-order valence-electron chi connectivity index (χ3n) is 2.59. The smallest absolute Gasteiger partial charge is 0.194 e. The zero-order valence-corrected chi connectivity index (χ0v) is 11.3. The van der Waals surface area contributed by atoms with Crippen molar-refractivity contribution in [2.75, 3.05) is 5.75 Å². The molecule has 1 atom stereocenters. The van der Waals surface area contributed by atoms with Crippen LogP contribution in [0.4, 0.5) is 0 Å². The van der Waals surface area contributed by atoms with Gasteiger partial charge in [0.2, 0.25) is 0 Å². The average molecular weight is 255 g/mol. The molecular formula is C11H17N3S2. The minimum Gasteiger partial charge on any atom is -0.327 e. The van der Waals surface area contributed by atoms with Gasteiger partial charge in [0.15, 0.2) is 4.96 Å². The van der Waals surface area contributed by atoms with E-state index in [-0.39, 0.29) is 6.04 Å². The summed E-state index contributed by atoms with van der Waals surface area (Å²) < 4.78 is 2.18. The van der Waals surface area contributed by atoms with Crippen molar-refractivity contribution in [3.63, 3.8) is 0 Å². The van der Waals surface area contributed by atoms with E-state index in [0.29, 0.717) is 0 Å². The van der Waals surface area contributed by atoms with E-state index in [9.17, 15) is 0 Å². The third-order valence-corrected chi connectivity index (χ3v) is 4.23. The molecule has 0 fully saturated rings. The Morgan fingerprint density at radius 3 is 3.06 bits per heavy atom. The van der Waals surface area contributed by atoms with Gasteiger partial charge in [-0.3, -0.25) is 4.40 Å². The van der Waals surface area contributed by atoms with Crippen LogP contribution in [0.5, 0.6) is 0 Å². The molecule has 0 aliphatic carbocycles. The lowest BCUT2D eigenvalue weighted by Crippen LogP contribution is -2.22. The second-order valence-electron chi connectivity index (χ2n) is 3.72. The van der Waals surface area contributed by atoms with Crippen molar-refractivity contribution in [2.24, 2.45) is 5.73 Å². The van der Waals surface area contributed by atoms with Gasteiger partial charge in [-0.15, -0.1) is 23.1 Å². The van der Waals surface area contributed by atoms with E-state index >= 15 is 0 Å². The normalized spacial score (nSPS) is 13.4. The van der Waals surface area contributed by atoms with Crippen molar-refractivity contribution in [1.29, 1.82) is 0 Å². The number of rotatable bonds is 5. The van der Waals surface area contributed by atoms with Gasteiger partial charge in [0.25, 0.3) is 0 Å². The molecule has 0 radical (unpaired) electrons. The van der Waals surface area contributed by atoms with Gasteiger partial charge < -0.3 is 5.73 Å². The van der Waals surface area contributed by atoms with E-state index in [0.717, 1.165) is 28.6 Å². The molecule has 2 aromatic heterocycles. The van der Waals surface area contributed by atoms with E-state index in [1.165, 1.54) is 5.69 Å². The molecule has 2 aromatic rings. The number of nitrogens with two attached hydrogens (primary N) is 1. The number of hydrogen-bond acceptors (Lipinski definition) is 4. The molecule has 0 amide bonds. The van der Waals surface area contributed by atoms with Gasteiger partial charge in [-0.05, 0) is 12.2 Å². The van der Waals surface area contributed by atoms with E-state index < -0.39 is 0 Å². The fraction of sp³-hybridized carbons (Fsp3) is 0.545. The molecule has 0 aromatic carbocycles. The molecule has 0 aliphatic rings. The Morgan fingerprint density at radius 2 is 2.38 bits per heavy atom. The van der Waals surface area contributed by atoms with Crippen molar-refractivity contribution in [2.45, 2.75) is 37.8 Å². The second-order valence-corrected chi connectivity index (χ2v) is 5.85. The lowest BCUT2D eigenvalue weighted by Gasteiger charge is -2.09. The Hall–Kier alpha value is -0.520. The van der Waals surface area contributed by atoms with Crippen LogP contribution < -0.4 is 5.73 Å². The standard InChI is InChI=1S/C11H17N3S2/c1-3-8(12)7-9-10(15-4-2)13-11-14(9)5-6-16-11/h5-6,8H,3-4,7,12H2,1-2H3. The average Bonchev–Trinajstić information content (AvgIpc) is 2.82. The van der Waals surface area contributed by atoms with Crippen LogP contribution in [0.1, 0.15) is 26.0 Å². The van der Waals surface area contributed by atoms with Crippen molar-refractivity contribution < 1.29 is 0 Å². The van der Waals surface area contributed by atoms with Crippen LogP contribution >= 0.6 is 23.1 Å². The van der Waals surface area contributed by atoms with Gasteiger partial charge in [-0.1, -0.05) is 13.8 Å². The van der Waals surface area contributed by atoms with Gasteiger partial charge in [0.05, 0.1) is 5.69 Å². The summed E-state index contributed by atoms with van der Waals surface area (Å²) in [5.74, 6) is 1.05. The maximum absolute atomic E-state index is 6.04. The number of nitrogens with zero attached hydrogens (tertiary/aromatic N) is 2. The van der Waals surface area contributed by atoms with Gasteiger partial charge in [-0.25, -0.2) is 4.98 Å². The highest BCUT2D eigenvalue weighted by Gasteiger charge is 2.15. The molecule has 2 heterocycles. The molecule has 0 aliphatic heterocycles. The first kappa shape index (κ1) is 12.0. The van der Waals surface area contributed by atoms with Crippen molar-refractivity contribution in [3.05, 3.63) is 17.3 Å². The number of imidazole rings is 1. The third kappa shape index (κ3) is 2.26. The van der Waals surface area contributed by atoms with Crippen LogP contribution in [0.25, 0.3) is 4.96 Å². The lowest BCUT2D eigenvalue weighted by atomic mass is 10.1. The van der Waals surface area contributed by atoms with Gasteiger partial charge in [0.1, 0.15) is 5.03 Å². The molecule has 1 unspecified atom stereocenters. The number of aromatic nitrogens is 2. The number of thioether (sulfide) groups is 1. The Kier molecular flexibility index (Phi) is 3.89. The molecule has 2 N–H and O–H groups in total. The number of fused-ring (bicyclic) bond motifs is 1. The maximum atomic E-state index is 6.04. The predicted molar refractivity (Wildman–Crippen MR) is 71.4 cm³/mol. The Labute approximate surface area is 104 Å². The minimum absolute atomic E-state index is 0.232. The van der Waals surface area contributed by atoms with E-state index in [1.54, 1.807) is 23.1 Å². The summed E-state index contributed by atoms with van der Waals surface area (Å²) in [4.78, 5) is 5.72. The first-order chi connectivity index (χ1) is 7.76. The van der Waals surface area contributed by atoms with Crippen LogP contribution in [-0.2, 0) is 6.42 Å². The van der Waals surface area contributed by atoms with Crippen molar-refractivity contribution in [3.8, 4) is 0 Å². The summed E-state index contributed by atoms with van der Waals surface area (Å²) in [6.45, 7) is 4.28. The largest absolute Gasteiger partial charge is 0.327 e. The highest BCUT2D eigenvalue weighted by molar-refractivity contribution is 7.99. The van der Waals surface area contributed by atoms with Crippen LogP contribution in [0.2, 0.25) is 0 Å². The summed E-state index contributed by atoms with van der Waals surface area (Å²) >= 11 is 3.48. The molecule has 16 heavy (non-hydrogen) atoms. The monoisotopic (exact) mass is 255 g/mol. The summed E-state index contributed by atoms with van der Waals surface area (Å²) in [5, 5.41) is 3.22. The Morgan fingerprint density at radius 1 is 1.56 bits per heavy atom. The van der Waals surface area contributed by atoms with Crippen LogP contribution in [-0.4, -0.2) is 21.2 Å². The summed E-state index contributed by atoms with van der Waals surface area (Å²) in [5.41, 5.74) is 7.32. The van der Waals surface area contributed by atoms with Gasteiger partial charge >= 0.3 is 0 Å². The molecule has 5 heteroatoms. The molecule has 0 saturated heterocycles. The first-order valence-corrected chi connectivity index (χ1v) is 7.45. The molecule has 2 rings (SSSR count). The minimum atomic E-state index is 0.232. The van der Waals surface area contributed by atoms with E-state index in [2.05, 4.69) is 34.8 Å². The molecular weight excluding hydrogens is 238 g/mol.